The predicted octanol–water partition coefficient (Wildman–Crippen LogP) is 3.39. The molecular weight excluding hydrogens is 266 g/mol. The third-order valence-corrected chi connectivity index (χ3v) is 3.53. The molecule has 0 radical (unpaired) electrons. The van der Waals surface area contributed by atoms with Gasteiger partial charge in [-0.1, -0.05) is 12.1 Å². The Morgan fingerprint density at radius 3 is 2.52 bits per heavy atom. The fourth-order valence-corrected chi connectivity index (χ4v) is 2.65. The first kappa shape index (κ1) is 13.6. The Labute approximate surface area is 123 Å². The number of ether oxygens (including phenoxy) is 1. The molecule has 0 saturated carbocycles. The summed E-state index contributed by atoms with van der Waals surface area (Å²) in [4.78, 5) is 26.2. The highest BCUT2D eigenvalue weighted by Crippen LogP contribution is 2.38. The van der Waals surface area contributed by atoms with Gasteiger partial charge in [-0.2, -0.15) is 0 Å². The van der Waals surface area contributed by atoms with Crippen LogP contribution in [0.1, 0.15) is 41.5 Å². The summed E-state index contributed by atoms with van der Waals surface area (Å²) < 4.78 is 5.45. The molecule has 0 bridgehead atoms. The molecule has 1 amide bonds. The molecule has 2 aromatic rings. The molecule has 3 rings (SSSR count). The van der Waals surface area contributed by atoms with Crippen molar-refractivity contribution in [1.29, 1.82) is 0 Å². The van der Waals surface area contributed by atoms with E-state index in [4.69, 9.17) is 4.74 Å². The number of rotatable bonds is 1. The highest BCUT2D eigenvalue weighted by Gasteiger charge is 2.29. The highest BCUT2D eigenvalue weighted by molar-refractivity contribution is 6.26. The van der Waals surface area contributed by atoms with Crippen molar-refractivity contribution in [2.45, 2.75) is 26.4 Å². The number of nitrogens with zero attached hydrogens (tertiary/aromatic N) is 1. The zero-order valence-electron chi connectivity index (χ0n) is 12.6. The Balaban J connectivity index is 2.21. The summed E-state index contributed by atoms with van der Waals surface area (Å²) in [6, 6.07) is 8.97. The van der Waals surface area contributed by atoms with Gasteiger partial charge < -0.3 is 9.64 Å². The minimum absolute atomic E-state index is 0.0445. The van der Waals surface area contributed by atoms with Crippen molar-refractivity contribution in [2.75, 3.05) is 11.9 Å². The zero-order chi connectivity index (χ0) is 15.4. The van der Waals surface area contributed by atoms with Gasteiger partial charge in [-0.05, 0) is 44.4 Å². The number of benzene rings is 2. The van der Waals surface area contributed by atoms with Gasteiger partial charge in [0.15, 0.2) is 0 Å². The van der Waals surface area contributed by atoms with Crippen LogP contribution in [0.4, 0.5) is 5.69 Å². The molecule has 2 aromatic carbocycles. The van der Waals surface area contributed by atoms with Crippen LogP contribution in [0.25, 0.3) is 10.8 Å². The van der Waals surface area contributed by atoms with Crippen LogP contribution in [0.2, 0.25) is 0 Å². The lowest BCUT2D eigenvalue weighted by atomic mass is 10.0. The van der Waals surface area contributed by atoms with Gasteiger partial charge in [-0.3, -0.25) is 4.79 Å². The van der Waals surface area contributed by atoms with Gasteiger partial charge in [-0.15, -0.1) is 0 Å². The van der Waals surface area contributed by atoms with Crippen LogP contribution >= 0.6 is 0 Å². The van der Waals surface area contributed by atoms with E-state index >= 15 is 0 Å². The van der Waals surface area contributed by atoms with E-state index in [9.17, 15) is 9.59 Å². The van der Waals surface area contributed by atoms with Gasteiger partial charge in [-0.25, -0.2) is 4.79 Å². The minimum atomic E-state index is -0.549. The standard InChI is InChI=1S/C17H17NO3/c1-17(2,3)21-16(20)11-8-9-13-14-10(11)6-5-7-12(14)15(19)18(13)4/h5-9H,1-4H3. The second kappa shape index (κ2) is 4.32. The van der Waals surface area contributed by atoms with Crippen LogP contribution in [0.15, 0.2) is 30.3 Å². The van der Waals surface area contributed by atoms with Gasteiger partial charge in [0.25, 0.3) is 5.91 Å². The van der Waals surface area contributed by atoms with E-state index in [0.717, 1.165) is 16.5 Å². The van der Waals surface area contributed by atoms with Crippen molar-refractivity contribution in [1.82, 2.24) is 0 Å². The van der Waals surface area contributed by atoms with E-state index in [1.807, 2.05) is 26.8 Å². The van der Waals surface area contributed by atoms with Crippen molar-refractivity contribution in [3.05, 3.63) is 41.5 Å². The third kappa shape index (κ3) is 2.07. The molecule has 0 aliphatic carbocycles. The van der Waals surface area contributed by atoms with Crippen molar-refractivity contribution < 1.29 is 14.3 Å². The smallest absolute Gasteiger partial charge is 0.339 e. The van der Waals surface area contributed by atoms with Gasteiger partial charge in [0.05, 0.1) is 11.3 Å². The van der Waals surface area contributed by atoms with Crippen LogP contribution < -0.4 is 4.90 Å². The second-order valence-electron chi connectivity index (χ2n) is 6.23. The average Bonchev–Trinajstić information content (AvgIpc) is 2.64. The number of amides is 1. The third-order valence-electron chi connectivity index (χ3n) is 3.53. The van der Waals surface area contributed by atoms with E-state index in [1.165, 1.54) is 0 Å². The molecule has 21 heavy (non-hydrogen) atoms. The fourth-order valence-electron chi connectivity index (χ4n) is 2.65. The molecular formula is C17H17NO3. The molecule has 0 saturated heterocycles. The van der Waals surface area contributed by atoms with Crippen molar-refractivity contribution in [3.8, 4) is 0 Å². The van der Waals surface area contributed by atoms with Crippen LogP contribution in [0, 0.1) is 0 Å². The summed E-state index contributed by atoms with van der Waals surface area (Å²) in [5.41, 5.74) is 1.41. The predicted molar refractivity (Wildman–Crippen MR) is 81.9 cm³/mol. The molecule has 0 aromatic heterocycles. The van der Waals surface area contributed by atoms with Crippen molar-refractivity contribution in [3.63, 3.8) is 0 Å². The summed E-state index contributed by atoms with van der Waals surface area (Å²) in [6.07, 6.45) is 0. The van der Waals surface area contributed by atoms with Crippen molar-refractivity contribution in [2.24, 2.45) is 0 Å². The molecule has 0 spiro atoms. The summed E-state index contributed by atoms with van der Waals surface area (Å²) in [5.74, 6) is -0.412. The van der Waals surface area contributed by atoms with Gasteiger partial charge >= 0.3 is 5.97 Å². The normalized spacial score (nSPS) is 13.9. The van der Waals surface area contributed by atoms with Gasteiger partial charge in [0.1, 0.15) is 5.60 Å². The molecule has 0 fully saturated rings. The number of hydrogen-bond donors (Lipinski definition) is 0. The number of carbonyl (C=O) groups is 2. The maximum absolute atomic E-state index is 12.4. The molecule has 1 aliphatic rings. The second-order valence-corrected chi connectivity index (χ2v) is 6.23. The Morgan fingerprint density at radius 1 is 1.14 bits per heavy atom. The molecule has 4 heteroatoms. The molecule has 0 unspecified atom stereocenters. The maximum Gasteiger partial charge on any atom is 0.339 e. The first-order valence-corrected chi connectivity index (χ1v) is 6.87. The topological polar surface area (TPSA) is 46.6 Å². The van der Waals surface area contributed by atoms with E-state index in [-0.39, 0.29) is 11.9 Å². The lowest BCUT2D eigenvalue weighted by Gasteiger charge is -2.20. The average molecular weight is 283 g/mol. The Kier molecular flexibility index (Phi) is 2.80. The molecule has 108 valence electrons. The quantitative estimate of drug-likeness (QED) is 0.754. The van der Waals surface area contributed by atoms with Crippen LogP contribution in [0.3, 0.4) is 0 Å². The first-order valence-electron chi connectivity index (χ1n) is 6.87. The number of anilines is 1. The Morgan fingerprint density at radius 2 is 1.86 bits per heavy atom. The summed E-state index contributed by atoms with van der Waals surface area (Å²) in [5, 5.41) is 1.59. The zero-order valence-corrected chi connectivity index (χ0v) is 12.6. The van der Waals surface area contributed by atoms with Gasteiger partial charge in [0, 0.05) is 18.0 Å². The summed E-state index contributed by atoms with van der Waals surface area (Å²) in [7, 11) is 1.74. The SMILES string of the molecule is CN1C(=O)c2cccc3c(C(=O)OC(C)(C)C)ccc1c23. The summed E-state index contributed by atoms with van der Waals surface area (Å²) in [6.45, 7) is 5.51. The largest absolute Gasteiger partial charge is 0.456 e. The lowest BCUT2D eigenvalue weighted by molar-refractivity contribution is 0.00718. The van der Waals surface area contributed by atoms with E-state index in [2.05, 4.69) is 0 Å². The van der Waals surface area contributed by atoms with E-state index < -0.39 is 5.60 Å². The molecule has 1 heterocycles. The van der Waals surface area contributed by atoms with Crippen molar-refractivity contribution >= 4 is 28.3 Å². The Bertz CT molecular complexity index is 771. The first-order chi connectivity index (χ1) is 9.79. The number of carbonyl (C=O) groups excluding carboxylic acids is 2. The summed E-state index contributed by atoms with van der Waals surface area (Å²) >= 11 is 0. The monoisotopic (exact) mass is 283 g/mol. The van der Waals surface area contributed by atoms with E-state index in [0.29, 0.717) is 11.1 Å². The highest BCUT2D eigenvalue weighted by atomic mass is 16.6. The van der Waals surface area contributed by atoms with E-state index in [1.54, 1.807) is 36.2 Å². The fraction of sp³-hybridized carbons (Fsp3) is 0.294. The molecule has 0 N–H and O–H groups in total. The maximum atomic E-state index is 12.4. The molecule has 4 nitrogen and oxygen atoms in total. The number of esters is 1. The van der Waals surface area contributed by atoms with Crippen LogP contribution in [-0.2, 0) is 4.74 Å². The number of hydrogen-bond acceptors (Lipinski definition) is 3. The minimum Gasteiger partial charge on any atom is -0.456 e. The van der Waals surface area contributed by atoms with Gasteiger partial charge in [0.2, 0.25) is 0 Å². The van der Waals surface area contributed by atoms with Crippen LogP contribution in [0.5, 0.6) is 0 Å². The molecule has 1 aliphatic heterocycles. The lowest BCUT2D eigenvalue weighted by Crippen LogP contribution is -2.24. The Hall–Kier alpha value is -2.36. The van der Waals surface area contributed by atoms with Crippen LogP contribution in [-0.4, -0.2) is 24.5 Å². The molecule has 0 atom stereocenters.